The summed E-state index contributed by atoms with van der Waals surface area (Å²) in [5, 5.41) is 13.7. The van der Waals surface area contributed by atoms with Gasteiger partial charge in [-0.25, -0.2) is 4.79 Å². The molecule has 1 saturated heterocycles. The van der Waals surface area contributed by atoms with Crippen molar-refractivity contribution < 1.29 is 19.4 Å². The Morgan fingerprint density at radius 1 is 1.53 bits per heavy atom. The summed E-state index contributed by atoms with van der Waals surface area (Å²) in [4.78, 5) is 23.9. The van der Waals surface area contributed by atoms with Crippen LogP contribution >= 0.6 is 11.3 Å². The van der Waals surface area contributed by atoms with Crippen LogP contribution in [0.1, 0.15) is 37.1 Å². The number of carboxylic acids is 1. The molecule has 0 radical (unpaired) electrons. The van der Waals surface area contributed by atoms with Gasteiger partial charge in [0, 0.05) is 4.88 Å². The lowest BCUT2D eigenvalue weighted by Crippen LogP contribution is -2.37. The number of carboxylic acid groups (broad SMARTS) is 1. The van der Waals surface area contributed by atoms with Crippen LogP contribution in [-0.2, 0) is 14.3 Å². The summed E-state index contributed by atoms with van der Waals surface area (Å²) in [6, 6.07) is 3.90. The summed E-state index contributed by atoms with van der Waals surface area (Å²) in [7, 11) is 0. The van der Waals surface area contributed by atoms with E-state index < -0.39 is 18.2 Å². The van der Waals surface area contributed by atoms with Gasteiger partial charge in [-0.05, 0) is 30.7 Å². The van der Waals surface area contributed by atoms with Gasteiger partial charge in [-0.3, -0.25) is 4.79 Å². The van der Waals surface area contributed by atoms with Crippen molar-refractivity contribution in [2.45, 2.75) is 44.4 Å². The standard InChI is InChI=1S/C13H17NO4S/c1-2-8(11-4-3-7-19-11)14-12(15)9-5-6-10(18-9)13(16)17/h3-4,7-10H,2,5-6H2,1H3,(H,14,15)(H,16,17)/t8?,9-,10+/m0/s1. The molecule has 1 aliphatic heterocycles. The molecular weight excluding hydrogens is 266 g/mol. The maximum Gasteiger partial charge on any atom is 0.332 e. The third kappa shape index (κ3) is 3.33. The van der Waals surface area contributed by atoms with Crippen molar-refractivity contribution in [2.24, 2.45) is 0 Å². The quantitative estimate of drug-likeness (QED) is 0.866. The lowest BCUT2D eigenvalue weighted by molar-refractivity contribution is -0.151. The zero-order valence-corrected chi connectivity index (χ0v) is 11.5. The Labute approximate surface area is 115 Å². The number of hydrogen-bond acceptors (Lipinski definition) is 4. The summed E-state index contributed by atoms with van der Waals surface area (Å²) in [5.74, 6) is -1.22. The van der Waals surface area contributed by atoms with Gasteiger partial charge in [-0.15, -0.1) is 11.3 Å². The highest BCUT2D eigenvalue weighted by Crippen LogP contribution is 2.24. The van der Waals surface area contributed by atoms with Gasteiger partial charge in [0.05, 0.1) is 6.04 Å². The molecule has 2 N–H and O–H groups in total. The highest BCUT2D eigenvalue weighted by molar-refractivity contribution is 7.10. The molecule has 104 valence electrons. The van der Waals surface area contributed by atoms with Crippen molar-refractivity contribution in [2.75, 3.05) is 0 Å². The van der Waals surface area contributed by atoms with Crippen LogP contribution in [0.2, 0.25) is 0 Å². The maximum atomic E-state index is 12.1. The van der Waals surface area contributed by atoms with Crippen LogP contribution in [0.3, 0.4) is 0 Å². The zero-order chi connectivity index (χ0) is 13.8. The third-order valence-electron chi connectivity index (χ3n) is 3.20. The average molecular weight is 283 g/mol. The Morgan fingerprint density at radius 2 is 2.26 bits per heavy atom. The van der Waals surface area contributed by atoms with E-state index in [4.69, 9.17) is 9.84 Å². The second-order valence-electron chi connectivity index (χ2n) is 4.51. The molecule has 6 heteroatoms. The van der Waals surface area contributed by atoms with E-state index in [1.165, 1.54) is 0 Å². The number of carbonyl (C=O) groups is 2. The molecule has 0 aliphatic carbocycles. The lowest BCUT2D eigenvalue weighted by atomic mass is 10.1. The van der Waals surface area contributed by atoms with Crippen LogP contribution in [-0.4, -0.2) is 29.2 Å². The normalized spacial score (nSPS) is 24.1. The molecule has 0 aromatic carbocycles. The largest absolute Gasteiger partial charge is 0.479 e. The van der Waals surface area contributed by atoms with Gasteiger partial charge in [0.25, 0.3) is 0 Å². The number of rotatable bonds is 5. The predicted molar refractivity (Wildman–Crippen MR) is 71.0 cm³/mol. The number of carbonyl (C=O) groups excluding carboxylic acids is 1. The van der Waals surface area contributed by atoms with Crippen molar-refractivity contribution in [3.8, 4) is 0 Å². The first kappa shape index (κ1) is 14.0. The summed E-state index contributed by atoms with van der Waals surface area (Å²) < 4.78 is 5.24. The van der Waals surface area contributed by atoms with Crippen LogP contribution in [0.4, 0.5) is 0 Å². The molecule has 1 unspecified atom stereocenters. The van der Waals surface area contributed by atoms with E-state index in [0.29, 0.717) is 12.8 Å². The fraction of sp³-hybridized carbons (Fsp3) is 0.538. The van der Waals surface area contributed by atoms with Crippen molar-refractivity contribution >= 4 is 23.2 Å². The number of amides is 1. The second-order valence-corrected chi connectivity index (χ2v) is 5.49. The van der Waals surface area contributed by atoms with E-state index in [1.807, 2.05) is 24.4 Å². The van der Waals surface area contributed by atoms with E-state index in [2.05, 4.69) is 5.32 Å². The summed E-state index contributed by atoms with van der Waals surface area (Å²) >= 11 is 1.60. The van der Waals surface area contributed by atoms with Crippen LogP contribution < -0.4 is 5.32 Å². The molecule has 3 atom stereocenters. The predicted octanol–water partition coefficient (Wildman–Crippen LogP) is 1.95. The molecule has 0 saturated carbocycles. The fourth-order valence-electron chi connectivity index (χ4n) is 2.14. The monoisotopic (exact) mass is 283 g/mol. The van der Waals surface area contributed by atoms with Gasteiger partial charge in [0.2, 0.25) is 5.91 Å². The molecule has 1 aliphatic rings. The van der Waals surface area contributed by atoms with Crippen molar-refractivity contribution in [3.63, 3.8) is 0 Å². The Bertz CT molecular complexity index is 446. The SMILES string of the molecule is CCC(NC(=O)[C@@H]1CC[C@H](C(=O)O)O1)c1cccs1. The third-order valence-corrected chi connectivity index (χ3v) is 4.18. The van der Waals surface area contributed by atoms with Gasteiger partial charge in [0.15, 0.2) is 6.10 Å². The minimum atomic E-state index is -0.999. The minimum Gasteiger partial charge on any atom is -0.479 e. The Morgan fingerprint density at radius 3 is 2.79 bits per heavy atom. The minimum absolute atomic E-state index is 0.0278. The van der Waals surface area contributed by atoms with E-state index in [0.717, 1.165) is 11.3 Å². The molecule has 1 aromatic heterocycles. The average Bonchev–Trinajstić information content (AvgIpc) is 3.05. The number of aliphatic carboxylic acids is 1. The van der Waals surface area contributed by atoms with E-state index in [1.54, 1.807) is 11.3 Å². The van der Waals surface area contributed by atoms with Gasteiger partial charge in [-0.1, -0.05) is 13.0 Å². The highest BCUT2D eigenvalue weighted by atomic mass is 32.1. The molecule has 0 bridgehead atoms. The molecule has 1 aromatic rings. The molecule has 2 rings (SSSR count). The summed E-state index contributed by atoms with van der Waals surface area (Å²) in [6.07, 6.45) is 0.154. The van der Waals surface area contributed by atoms with Crippen molar-refractivity contribution in [3.05, 3.63) is 22.4 Å². The molecule has 2 heterocycles. The molecule has 1 amide bonds. The first-order chi connectivity index (χ1) is 9.11. The number of hydrogen-bond donors (Lipinski definition) is 2. The molecule has 19 heavy (non-hydrogen) atoms. The van der Waals surface area contributed by atoms with Crippen LogP contribution in [0.15, 0.2) is 17.5 Å². The molecule has 0 spiro atoms. The lowest BCUT2D eigenvalue weighted by Gasteiger charge is -2.18. The zero-order valence-electron chi connectivity index (χ0n) is 10.7. The molecule has 5 nitrogen and oxygen atoms in total. The van der Waals surface area contributed by atoms with Crippen molar-refractivity contribution in [1.29, 1.82) is 0 Å². The number of thiophene rings is 1. The Hall–Kier alpha value is -1.40. The van der Waals surface area contributed by atoms with E-state index in [-0.39, 0.29) is 11.9 Å². The van der Waals surface area contributed by atoms with E-state index >= 15 is 0 Å². The number of ether oxygens (including phenoxy) is 1. The molecule has 1 fully saturated rings. The summed E-state index contributed by atoms with van der Waals surface area (Å²) in [6.45, 7) is 2.00. The Kier molecular flexibility index (Phi) is 4.55. The van der Waals surface area contributed by atoms with Crippen LogP contribution in [0, 0.1) is 0 Å². The second kappa shape index (κ2) is 6.16. The highest BCUT2D eigenvalue weighted by Gasteiger charge is 2.35. The van der Waals surface area contributed by atoms with Crippen molar-refractivity contribution in [1.82, 2.24) is 5.32 Å². The topological polar surface area (TPSA) is 75.6 Å². The van der Waals surface area contributed by atoms with Crippen LogP contribution in [0.5, 0.6) is 0 Å². The van der Waals surface area contributed by atoms with Gasteiger partial charge >= 0.3 is 5.97 Å². The Balaban J connectivity index is 1.92. The first-order valence-electron chi connectivity index (χ1n) is 6.33. The van der Waals surface area contributed by atoms with E-state index in [9.17, 15) is 9.59 Å². The summed E-state index contributed by atoms with van der Waals surface area (Å²) in [5.41, 5.74) is 0. The smallest absolute Gasteiger partial charge is 0.332 e. The van der Waals surface area contributed by atoms with Gasteiger partial charge in [-0.2, -0.15) is 0 Å². The molecular formula is C13H17NO4S. The van der Waals surface area contributed by atoms with Gasteiger partial charge < -0.3 is 15.2 Å². The maximum absolute atomic E-state index is 12.1. The fourth-order valence-corrected chi connectivity index (χ4v) is 3.00. The van der Waals surface area contributed by atoms with Crippen LogP contribution in [0.25, 0.3) is 0 Å². The van der Waals surface area contributed by atoms with Gasteiger partial charge in [0.1, 0.15) is 6.10 Å². The number of nitrogens with one attached hydrogen (secondary N) is 1. The first-order valence-corrected chi connectivity index (χ1v) is 7.21.